The van der Waals surface area contributed by atoms with Crippen molar-refractivity contribution in [3.05, 3.63) is 36.5 Å². The number of hydrogen-bond donors (Lipinski definition) is 1. The maximum absolute atomic E-state index is 14.1. The quantitative estimate of drug-likeness (QED) is 0.754. The van der Waals surface area contributed by atoms with Crippen LogP contribution in [0.25, 0.3) is 16.8 Å². The molecule has 0 bridgehead atoms. The molecule has 0 unspecified atom stereocenters. The third kappa shape index (κ3) is 2.31. The van der Waals surface area contributed by atoms with Crippen molar-refractivity contribution in [3.63, 3.8) is 0 Å². The largest absolute Gasteiger partial charge is 0.366 e. The normalized spacial score (nSPS) is 15.5. The van der Waals surface area contributed by atoms with Crippen molar-refractivity contribution in [2.45, 2.75) is 11.3 Å². The number of pyridine rings is 2. The summed E-state index contributed by atoms with van der Waals surface area (Å²) in [5.41, 5.74) is 6.38. The average molecular weight is 348 g/mol. The third-order valence-corrected chi connectivity index (χ3v) is 5.77. The van der Waals surface area contributed by atoms with Gasteiger partial charge in [-0.15, -0.1) is 5.10 Å². The van der Waals surface area contributed by atoms with E-state index < -0.39 is 15.8 Å². The lowest BCUT2D eigenvalue weighted by atomic mass is 10.1. The zero-order valence-corrected chi connectivity index (χ0v) is 13.2. The fourth-order valence-corrected chi connectivity index (χ4v) is 4.02. The van der Waals surface area contributed by atoms with Crippen LogP contribution in [0.1, 0.15) is 6.42 Å². The van der Waals surface area contributed by atoms with Crippen molar-refractivity contribution in [1.82, 2.24) is 23.9 Å². The van der Waals surface area contributed by atoms with E-state index in [4.69, 9.17) is 5.73 Å². The van der Waals surface area contributed by atoms with Crippen LogP contribution < -0.4 is 5.73 Å². The Morgan fingerprint density at radius 1 is 1.17 bits per heavy atom. The lowest BCUT2D eigenvalue weighted by molar-refractivity contribution is 0.309. The zero-order chi connectivity index (χ0) is 16.9. The molecule has 10 heteroatoms. The molecule has 0 spiro atoms. The van der Waals surface area contributed by atoms with E-state index in [1.165, 1.54) is 39.5 Å². The molecule has 0 atom stereocenters. The van der Waals surface area contributed by atoms with Gasteiger partial charge in [0.25, 0.3) is 0 Å². The van der Waals surface area contributed by atoms with Crippen LogP contribution >= 0.6 is 0 Å². The number of hydrogen-bond acceptors (Lipinski definition) is 6. The van der Waals surface area contributed by atoms with Gasteiger partial charge in [0, 0.05) is 42.8 Å². The minimum atomic E-state index is -3.56. The predicted molar refractivity (Wildman–Crippen MR) is 84.0 cm³/mol. The van der Waals surface area contributed by atoms with E-state index in [2.05, 4.69) is 15.1 Å². The summed E-state index contributed by atoms with van der Waals surface area (Å²) in [4.78, 5) is 7.85. The van der Waals surface area contributed by atoms with Crippen LogP contribution in [-0.2, 0) is 10.0 Å². The van der Waals surface area contributed by atoms with E-state index in [0.717, 1.165) is 6.42 Å². The molecule has 0 amide bonds. The maximum atomic E-state index is 14.1. The van der Waals surface area contributed by atoms with Gasteiger partial charge in [0.05, 0.1) is 0 Å². The minimum absolute atomic E-state index is 0.00793. The van der Waals surface area contributed by atoms with Gasteiger partial charge in [-0.1, -0.05) is 0 Å². The fraction of sp³-hybridized carbons (Fsp3) is 0.214. The van der Waals surface area contributed by atoms with Gasteiger partial charge in [0.1, 0.15) is 4.90 Å². The van der Waals surface area contributed by atoms with Crippen LogP contribution in [0.4, 0.5) is 10.3 Å². The number of nitrogen functional groups attached to an aromatic ring is 1. The molecule has 8 nitrogen and oxygen atoms in total. The first kappa shape index (κ1) is 15.0. The summed E-state index contributed by atoms with van der Waals surface area (Å²) in [5, 5.41) is 3.88. The smallest absolute Gasteiger partial charge is 0.244 e. The van der Waals surface area contributed by atoms with Crippen molar-refractivity contribution >= 4 is 21.6 Å². The Morgan fingerprint density at radius 2 is 1.96 bits per heavy atom. The van der Waals surface area contributed by atoms with Gasteiger partial charge in [-0.2, -0.15) is 9.29 Å². The zero-order valence-electron chi connectivity index (χ0n) is 12.4. The Kier molecular flexibility index (Phi) is 3.25. The fourth-order valence-electron chi connectivity index (χ4n) is 2.52. The molecular weight excluding hydrogens is 335 g/mol. The van der Waals surface area contributed by atoms with E-state index in [9.17, 15) is 12.8 Å². The van der Waals surface area contributed by atoms with Gasteiger partial charge < -0.3 is 5.73 Å². The van der Waals surface area contributed by atoms with Crippen molar-refractivity contribution in [1.29, 1.82) is 0 Å². The Labute approximate surface area is 136 Å². The highest BCUT2D eigenvalue weighted by Gasteiger charge is 2.29. The molecule has 124 valence electrons. The van der Waals surface area contributed by atoms with Gasteiger partial charge in [-0.25, -0.2) is 17.3 Å². The van der Waals surface area contributed by atoms with Crippen LogP contribution in [0.15, 0.2) is 35.6 Å². The van der Waals surface area contributed by atoms with E-state index in [1.54, 1.807) is 0 Å². The second-order valence-electron chi connectivity index (χ2n) is 5.48. The first-order valence-corrected chi connectivity index (χ1v) is 8.66. The third-order valence-electron chi connectivity index (χ3n) is 3.90. The molecule has 0 aliphatic carbocycles. The lowest BCUT2D eigenvalue weighted by Gasteiger charge is -2.29. The van der Waals surface area contributed by atoms with Crippen LogP contribution in [0.3, 0.4) is 0 Å². The van der Waals surface area contributed by atoms with E-state index in [-0.39, 0.29) is 16.5 Å². The average Bonchev–Trinajstić information content (AvgIpc) is 2.86. The number of rotatable bonds is 3. The molecule has 1 saturated heterocycles. The first-order chi connectivity index (χ1) is 11.4. The Hall–Kier alpha value is -2.59. The molecule has 0 saturated carbocycles. The molecule has 4 rings (SSSR count). The Balaban J connectivity index is 1.81. The summed E-state index contributed by atoms with van der Waals surface area (Å²) in [5.74, 6) is -0.647. The Morgan fingerprint density at radius 3 is 2.67 bits per heavy atom. The number of sulfonamides is 1. The number of anilines is 1. The van der Waals surface area contributed by atoms with E-state index >= 15 is 0 Å². The summed E-state index contributed by atoms with van der Waals surface area (Å²) in [7, 11) is -3.56. The van der Waals surface area contributed by atoms with Crippen molar-refractivity contribution in [3.8, 4) is 11.1 Å². The van der Waals surface area contributed by atoms with Gasteiger partial charge >= 0.3 is 0 Å². The van der Waals surface area contributed by atoms with Gasteiger partial charge in [-0.3, -0.25) is 4.98 Å². The predicted octanol–water partition coefficient (Wildman–Crippen LogP) is 0.907. The van der Waals surface area contributed by atoms with Gasteiger partial charge in [0.15, 0.2) is 11.5 Å². The summed E-state index contributed by atoms with van der Waals surface area (Å²) in [6.07, 6.45) is 5.14. The maximum Gasteiger partial charge on any atom is 0.244 e. The molecule has 1 aliphatic rings. The number of nitrogens with two attached hydrogens (primary N) is 1. The molecule has 24 heavy (non-hydrogen) atoms. The highest BCUT2D eigenvalue weighted by molar-refractivity contribution is 7.89. The summed E-state index contributed by atoms with van der Waals surface area (Å²) < 4.78 is 41.6. The first-order valence-electron chi connectivity index (χ1n) is 7.22. The molecule has 2 N–H and O–H groups in total. The molecule has 3 aromatic rings. The van der Waals surface area contributed by atoms with Crippen molar-refractivity contribution < 1.29 is 12.8 Å². The second-order valence-corrected chi connectivity index (χ2v) is 7.42. The number of halogens is 1. The molecule has 4 heterocycles. The molecular formula is C14H13FN6O2S. The van der Waals surface area contributed by atoms with Gasteiger partial charge in [0.2, 0.25) is 16.0 Å². The summed E-state index contributed by atoms with van der Waals surface area (Å²) in [6.45, 7) is 1.01. The van der Waals surface area contributed by atoms with E-state index in [0.29, 0.717) is 24.2 Å². The van der Waals surface area contributed by atoms with Gasteiger partial charge in [-0.05, 0) is 18.6 Å². The second kappa shape index (κ2) is 5.21. The standard InChI is InChI=1S/C14H13FN6O2S/c15-12-5-10(8-21-13(12)18-14(16)19-21)9-4-11(7-17-6-9)24(22,23)20-2-1-3-20/h4-8H,1-3H2,(H2,16,19). The molecule has 3 aromatic heterocycles. The van der Waals surface area contributed by atoms with Crippen molar-refractivity contribution in [2.24, 2.45) is 0 Å². The molecule has 1 fully saturated rings. The number of fused-ring (bicyclic) bond motifs is 1. The number of aromatic nitrogens is 4. The highest BCUT2D eigenvalue weighted by atomic mass is 32.2. The van der Waals surface area contributed by atoms with Crippen LogP contribution in [-0.4, -0.2) is 45.4 Å². The topological polar surface area (TPSA) is 106 Å². The minimum Gasteiger partial charge on any atom is -0.366 e. The SMILES string of the molecule is Nc1nc2c(F)cc(-c3cncc(S(=O)(=O)N4CCC4)c3)cn2n1. The highest BCUT2D eigenvalue weighted by Crippen LogP contribution is 2.26. The monoisotopic (exact) mass is 348 g/mol. The number of nitrogens with zero attached hydrogens (tertiary/aromatic N) is 5. The van der Waals surface area contributed by atoms with Crippen LogP contribution in [0.2, 0.25) is 0 Å². The van der Waals surface area contributed by atoms with Crippen LogP contribution in [0.5, 0.6) is 0 Å². The molecule has 0 radical (unpaired) electrons. The summed E-state index contributed by atoms with van der Waals surface area (Å²) >= 11 is 0. The summed E-state index contributed by atoms with van der Waals surface area (Å²) in [6, 6.07) is 2.72. The molecule has 0 aromatic carbocycles. The van der Waals surface area contributed by atoms with Crippen LogP contribution in [0, 0.1) is 5.82 Å². The lowest BCUT2D eigenvalue weighted by Crippen LogP contribution is -2.41. The molecule has 1 aliphatic heterocycles. The Bertz CT molecular complexity index is 1040. The van der Waals surface area contributed by atoms with E-state index in [1.807, 2.05) is 0 Å². The van der Waals surface area contributed by atoms with Crippen molar-refractivity contribution in [2.75, 3.05) is 18.8 Å².